The van der Waals surface area contributed by atoms with Crippen LogP contribution in [0, 0.1) is 0 Å². The second kappa shape index (κ2) is 9.41. The number of oxazole rings is 1. The highest BCUT2D eigenvalue weighted by molar-refractivity contribution is 7.89. The van der Waals surface area contributed by atoms with Crippen LogP contribution in [0.4, 0.5) is 8.78 Å². The third-order valence-electron chi connectivity index (χ3n) is 3.99. The largest absolute Gasteiger partial charge is 0.497 e. The predicted molar refractivity (Wildman–Crippen MR) is 105 cm³/mol. The highest BCUT2D eigenvalue weighted by Crippen LogP contribution is 2.28. The van der Waals surface area contributed by atoms with E-state index in [1.165, 1.54) is 6.26 Å². The van der Waals surface area contributed by atoms with Crippen molar-refractivity contribution in [3.63, 3.8) is 0 Å². The minimum absolute atomic E-state index is 0.0455. The fraction of sp³-hybridized carbons (Fsp3) is 0.211. The van der Waals surface area contributed by atoms with Crippen molar-refractivity contribution in [2.75, 3.05) is 13.7 Å². The SMILES string of the molecule is COc1ccc(-c2nc(CCNS(=O)(=O)c3ccc(OC(F)F)c(Cl)c3)co2)cc1. The molecule has 0 saturated carbocycles. The Balaban J connectivity index is 1.60. The third kappa shape index (κ3) is 5.47. The maximum Gasteiger partial charge on any atom is 0.387 e. The average Bonchev–Trinajstić information content (AvgIpc) is 3.18. The van der Waals surface area contributed by atoms with Gasteiger partial charge in [0, 0.05) is 18.5 Å². The Morgan fingerprint density at radius 2 is 1.93 bits per heavy atom. The number of benzene rings is 2. The molecule has 7 nitrogen and oxygen atoms in total. The van der Waals surface area contributed by atoms with E-state index >= 15 is 0 Å². The lowest BCUT2D eigenvalue weighted by Gasteiger charge is -2.09. The number of halogens is 3. The Labute approximate surface area is 176 Å². The van der Waals surface area contributed by atoms with Crippen LogP contribution in [-0.4, -0.2) is 33.7 Å². The van der Waals surface area contributed by atoms with E-state index in [9.17, 15) is 17.2 Å². The first-order chi connectivity index (χ1) is 14.3. The van der Waals surface area contributed by atoms with Gasteiger partial charge < -0.3 is 13.9 Å². The molecule has 0 spiro atoms. The molecule has 1 N–H and O–H groups in total. The molecule has 11 heteroatoms. The van der Waals surface area contributed by atoms with Crippen LogP contribution in [0.5, 0.6) is 11.5 Å². The second-order valence-corrected chi connectivity index (χ2v) is 8.17. The number of ether oxygens (including phenoxy) is 2. The van der Waals surface area contributed by atoms with Gasteiger partial charge in [-0.05, 0) is 42.5 Å². The van der Waals surface area contributed by atoms with Gasteiger partial charge in [-0.15, -0.1) is 0 Å². The molecule has 1 heterocycles. The summed E-state index contributed by atoms with van der Waals surface area (Å²) in [5.74, 6) is 0.796. The lowest BCUT2D eigenvalue weighted by Crippen LogP contribution is -2.26. The van der Waals surface area contributed by atoms with Gasteiger partial charge in [0.1, 0.15) is 17.8 Å². The summed E-state index contributed by atoms with van der Waals surface area (Å²) in [6.45, 7) is -3.02. The van der Waals surface area contributed by atoms with E-state index in [-0.39, 0.29) is 28.6 Å². The topological polar surface area (TPSA) is 90.7 Å². The van der Waals surface area contributed by atoms with Gasteiger partial charge in [-0.1, -0.05) is 11.6 Å². The van der Waals surface area contributed by atoms with Gasteiger partial charge in [-0.2, -0.15) is 8.78 Å². The highest BCUT2D eigenvalue weighted by atomic mass is 35.5. The third-order valence-corrected chi connectivity index (χ3v) is 5.75. The van der Waals surface area contributed by atoms with E-state index < -0.39 is 16.6 Å². The summed E-state index contributed by atoms with van der Waals surface area (Å²) in [6.07, 6.45) is 1.72. The highest BCUT2D eigenvalue weighted by Gasteiger charge is 2.17. The molecule has 0 aliphatic rings. The summed E-state index contributed by atoms with van der Waals surface area (Å²) in [6, 6.07) is 10.4. The number of nitrogens with zero attached hydrogens (tertiary/aromatic N) is 1. The van der Waals surface area contributed by atoms with Gasteiger partial charge >= 0.3 is 6.61 Å². The van der Waals surface area contributed by atoms with Crippen molar-refractivity contribution in [3.05, 3.63) is 59.4 Å². The molecule has 2 aromatic carbocycles. The van der Waals surface area contributed by atoms with E-state index in [2.05, 4.69) is 14.4 Å². The van der Waals surface area contributed by atoms with Gasteiger partial charge in [0.2, 0.25) is 15.9 Å². The quantitative estimate of drug-likeness (QED) is 0.518. The maximum absolute atomic E-state index is 12.4. The molecule has 0 unspecified atom stereocenters. The van der Waals surface area contributed by atoms with Crippen molar-refractivity contribution >= 4 is 21.6 Å². The lowest BCUT2D eigenvalue weighted by molar-refractivity contribution is -0.0498. The van der Waals surface area contributed by atoms with Crippen LogP contribution in [0.1, 0.15) is 5.69 Å². The summed E-state index contributed by atoms with van der Waals surface area (Å²) < 4.78 is 66.4. The molecular weight excluding hydrogens is 442 g/mol. The van der Waals surface area contributed by atoms with Crippen LogP contribution >= 0.6 is 11.6 Å². The van der Waals surface area contributed by atoms with E-state index in [0.717, 1.165) is 23.8 Å². The van der Waals surface area contributed by atoms with Crippen molar-refractivity contribution in [1.82, 2.24) is 9.71 Å². The fourth-order valence-electron chi connectivity index (χ4n) is 2.53. The van der Waals surface area contributed by atoms with Crippen LogP contribution in [0.2, 0.25) is 5.02 Å². The van der Waals surface area contributed by atoms with Crippen LogP contribution in [0.25, 0.3) is 11.5 Å². The smallest absolute Gasteiger partial charge is 0.387 e. The number of sulfonamides is 1. The van der Waals surface area contributed by atoms with Crippen molar-refractivity contribution in [1.29, 1.82) is 0 Å². The van der Waals surface area contributed by atoms with E-state index in [1.54, 1.807) is 31.4 Å². The zero-order chi connectivity index (χ0) is 21.7. The minimum atomic E-state index is -3.90. The van der Waals surface area contributed by atoms with E-state index in [4.69, 9.17) is 20.8 Å². The minimum Gasteiger partial charge on any atom is -0.497 e. The molecule has 0 radical (unpaired) electrons. The first kappa shape index (κ1) is 22.0. The second-order valence-electron chi connectivity index (χ2n) is 5.99. The van der Waals surface area contributed by atoms with E-state index in [0.29, 0.717) is 17.3 Å². The molecule has 0 atom stereocenters. The Morgan fingerprint density at radius 3 is 2.57 bits per heavy atom. The summed E-state index contributed by atoms with van der Waals surface area (Å²) >= 11 is 5.81. The number of aromatic nitrogens is 1. The zero-order valence-electron chi connectivity index (χ0n) is 15.6. The molecule has 0 amide bonds. The lowest BCUT2D eigenvalue weighted by atomic mass is 10.2. The summed E-state index contributed by atoms with van der Waals surface area (Å²) in [7, 11) is -2.33. The number of rotatable bonds is 9. The molecular formula is C19H17ClF2N2O5S. The molecule has 1 aromatic heterocycles. The van der Waals surface area contributed by atoms with Crippen molar-refractivity contribution in [3.8, 4) is 23.0 Å². The Morgan fingerprint density at radius 1 is 1.20 bits per heavy atom. The fourth-order valence-corrected chi connectivity index (χ4v) is 3.87. The normalized spacial score (nSPS) is 11.6. The van der Waals surface area contributed by atoms with Crippen LogP contribution < -0.4 is 14.2 Å². The number of hydrogen-bond acceptors (Lipinski definition) is 6. The van der Waals surface area contributed by atoms with Crippen LogP contribution in [0.15, 0.2) is 58.0 Å². The van der Waals surface area contributed by atoms with Crippen LogP contribution in [0.3, 0.4) is 0 Å². The molecule has 0 aliphatic carbocycles. The van der Waals surface area contributed by atoms with Gasteiger partial charge in [-0.3, -0.25) is 0 Å². The summed E-state index contributed by atoms with van der Waals surface area (Å²) in [5, 5.41) is -0.237. The molecule has 0 saturated heterocycles. The van der Waals surface area contributed by atoms with Gasteiger partial charge in [-0.25, -0.2) is 18.1 Å². The van der Waals surface area contributed by atoms with Crippen molar-refractivity contribution in [2.24, 2.45) is 0 Å². The summed E-state index contributed by atoms with van der Waals surface area (Å²) in [4.78, 5) is 4.16. The van der Waals surface area contributed by atoms with Crippen LogP contribution in [-0.2, 0) is 16.4 Å². The van der Waals surface area contributed by atoms with E-state index in [1.807, 2.05) is 0 Å². The standard InChI is InChI=1S/C19H17ClF2N2O5S/c1-27-14-4-2-12(3-5-14)18-24-13(11-28-18)8-9-23-30(25,26)15-6-7-17(16(20)10-15)29-19(21)22/h2-7,10-11,19,23H,8-9H2,1H3. The first-order valence-electron chi connectivity index (χ1n) is 8.61. The Bertz CT molecular complexity index is 1100. The maximum atomic E-state index is 12.4. The number of nitrogens with one attached hydrogen (secondary N) is 1. The first-order valence-corrected chi connectivity index (χ1v) is 10.5. The summed E-state index contributed by atoms with van der Waals surface area (Å²) in [5.41, 5.74) is 1.31. The van der Waals surface area contributed by atoms with Gasteiger partial charge in [0.15, 0.2) is 0 Å². The number of alkyl halides is 2. The Hall–Kier alpha value is -2.69. The Kier molecular flexibility index (Phi) is 6.91. The molecule has 0 aliphatic heterocycles. The van der Waals surface area contributed by atoms with Gasteiger partial charge in [0.25, 0.3) is 0 Å². The molecule has 160 valence electrons. The average molecular weight is 459 g/mol. The predicted octanol–water partition coefficient (Wildman–Crippen LogP) is 4.13. The molecule has 0 fully saturated rings. The van der Waals surface area contributed by atoms with Crippen molar-refractivity contribution in [2.45, 2.75) is 17.9 Å². The number of methoxy groups -OCH3 is 1. The van der Waals surface area contributed by atoms with Gasteiger partial charge in [0.05, 0.1) is 22.7 Å². The molecule has 3 rings (SSSR count). The molecule has 3 aromatic rings. The molecule has 0 bridgehead atoms. The number of hydrogen-bond donors (Lipinski definition) is 1. The van der Waals surface area contributed by atoms with Crippen molar-refractivity contribution < 1.29 is 31.1 Å². The zero-order valence-corrected chi connectivity index (χ0v) is 17.2. The molecule has 30 heavy (non-hydrogen) atoms. The monoisotopic (exact) mass is 458 g/mol.